The first-order valence-electron chi connectivity index (χ1n) is 10.4. The highest BCUT2D eigenvalue weighted by Crippen LogP contribution is 2.45. The first-order valence-corrected chi connectivity index (χ1v) is 12.4. The van der Waals surface area contributed by atoms with Crippen molar-refractivity contribution >= 4 is 71.7 Å². The molecule has 1 fully saturated rings. The Bertz CT molecular complexity index is 1490. The summed E-state index contributed by atoms with van der Waals surface area (Å²) < 4.78 is 1.79. The van der Waals surface area contributed by atoms with E-state index in [0.29, 0.717) is 21.3 Å². The number of thiazole rings is 1. The van der Waals surface area contributed by atoms with E-state index in [0.717, 1.165) is 25.8 Å². The number of aromatic nitrogens is 1. The van der Waals surface area contributed by atoms with Gasteiger partial charge in [0, 0.05) is 15.1 Å². The summed E-state index contributed by atoms with van der Waals surface area (Å²) in [6.45, 7) is 3.98. The molecule has 1 unspecified atom stereocenters. The monoisotopic (exact) mass is 552 g/mol. The van der Waals surface area contributed by atoms with Crippen LogP contribution in [0.25, 0.3) is 16.0 Å². The second-order valence-corrected chi connectivity index (χ2v) is 10.5. The van der Waals surface area contributed by atoms with Crippen molar-refractivity contribution in [3.8, 4) is 0 Å². The molecule has 1 amide bonds. The molecule has 0 spiro atoms. The second-order valence-electron chi connectivity index (χ2n) is 8.15. The first kappa shape index (κ1) is 22.8. The van der Waals surface area contributed by atoms with Crippen LogP contribution in [-0.4, -0.2) is 21.8 Å². The van der Waals surface area contributed by atoms with Crippen molar-refractivity contribution in [3.63, 3.8) is 0 Å². The molecule has 1 atom stereocenters. The summed E-state index contributed by atoms with van der Waals surface area (Å²) in [5.74, 6) is -1.73. The van der Waals surface area contributed by atoms with E-state index < -0.39 is 17.7 Å². The molecule has 8 heteroatoms. The van der Waals surface area contributed by atoms with Crippen LogP contribution >= 0.6 is 38.9 Å². The van der Waals surface area contributed by atoms with Gasteiger partial charge < -0.3 is 5.11 Å². The normalized spacial score (nSPS) is 17.6. The molecule has 1 N–H and O–H groups in total. The van der Waals surface area contributed by atoms with Gasteiger partial charge in [0.1, 0.15) is 5.76 Å². The van der Waals surface area contributed by atoms with E-state index in [9.17, 15) is 14.7 Å². The van der Waals surface area contributed by atoms with Crippen LogP contribution < -0.4 is 4.90 Å². The molecular formula is C26H18BrClN2O3S. The van der Waals surface area contributed by atoms with Gasteiger partial charge in [-0.05, 0) is 73.0 Å². The lowest BCUT2D eigenvalue weighted by Gasteiger charge is -2.23. The number of Topliss-reactive ketones (excluding diaryl/α,β-unsaturated/α-hetero) is 1. The highest BCUT2D eigenvalue weighted by atomic mass is 79.9. The maximum atomic E-state index is 13.4. The van der Waals surface area contributed by atoms with E-state index >= 15 is 0 Å². The highest BCUT2D eigenvalue weighted by molar-refractivity contribution is 9.10. The maximum absolute atomic E-state index is 13.4. The van der Waals surface area contributed by atoms with Gasteiger partial charge in [0.15, 0.2) is 5.13 Å². The Morgan fingerprint density at radius 3 is 2.41 bits per heavy atom. The summed E-state index contributed by atoms with van der Waals surface area (Å²) in [6.07, 6.45) is 0. The molecule has 170 valence electrons. The minimum Gasteiger partial charge on any atom is -0.507 e. The van der Waals surface area contributed by atoms with Crippen LogP contribution in [0.15, 0.2) is 70.7 Å². The van der Waals surface area contributed by atoms with Gasteiger partial charge in [-0.2, -0.15) is 0 Å². The average molecular weight is 554 g/mol. The van der Waals surface area contributed by atoms with E-state index in [-0.39, 0.29) is 11.3 Å². The number of aryl methyl sites for hydroxylation is 2. The Labute approximate surface area is 213 Å². The first-order chi connectivity index (χ1) is 16.2. The Kier molecular flexibility index (Phi) is 5.80. The number of fused-ring (bicyclic) bond motifs is 1. The molecule has 5 nitrogen and oxygen atoms in total. The largest absolute Gasteiger partial charge is 0.507 e. The lowest BCUT2D eigenvalue weighted by Crippen LogP contribution is -2.29. The second kappa shape index (κ2) is 8.65. The maximum Gasteiger partial charge on any atom is 0.301 e. The van der Waals surface area contributed by atoms with Gasteiger partial charge >= 0.3 is 5.91 Å². The third-order valence-corrected chi connectivity index (χ3v) is 7.55. The molecular weight excluding hydrogens is 536 g/mol. The molecule has 0 saturated carbocycles. The van der Waals surface area contributed by atoms with Gasteiger partial charge in [0.25, 0.3) is 5.78 Å². The van der Waals surface area contributed by atoms with Crippen molar-refractivity contribution in [2.75, 3.05) is 4.90 Å². The molecule has 0 aliphatic carbocycles. The number of halogens is 2. The third-order valence-electron chi connectivity index (χ3n) is 5.77. The topological polar surface area (TPSA) is 70.5 Å². The van der Waals surface area contributed by atoms with Crippen LogP contribution in [0.5, 0.6) is 0 Å². The van der Waals surface area contributed by atoms with E-state index in [1.54, 1.807) is 24.3 Å². The predicted octanol–water partition coefficient (Wildman–Crippen LogP) is 6.96. The summed E-state index contributed by atoms with van der Waals surface area (Å²) in [5.41, 5.74) is 3.98. The van der Waals surface area contributed by atoms with Crippen LogP contribution in [0.3, 0.4) is 0 Å². The number of benzene rings is 3. The standard InChI is InChI=1S/C26H18BrClN2O3S/c1-13-11-14(2)21-19(12-13)34-26(29-21)30-22(15-3-7-17(27)8-4-15)20(24(32)25(30)33)23(31)16-5-9-18(28)10-6-16/h3-12,22,31H,1-2H3/b23-20+. The summed E-state index contributed by atoms with van der Waals surface area (Å²) >= 11 is 10.8. The molecule has 1 aliphatic rings. The van der Waals surface area contributed by atoms with Crippen LogP contribution in [0.4, 0.5) is 5.13 Å². The van der Waals surface area contributed by atoms with Gasteiger partial charge in [-0.25, -0.2) is 4.98 Å². The lowest BCUT2D eigenvalue weighted by atomic mass is 9.95. The van der Waals surface area contributed by atoms with E-state index in [2.05, 4.69) is 15.9 Å². The van der Waals surface area contributed by atoms with Crippen molar-refractivity contribution in [1.29, 1.82) is 0 Å². The number of carbonyl (C=O) groups is 2. The number of hydrogen-bond acceptors (Lipinski definition) is 5. The number of carbonyl (C=O) groups excluding carboxylic acids is 2. The summed E-state index contributed by atoms with van der Waals surface area (Å²) in [4.78, 5) is 32.8. The van der Waals surface area contributed by atoms with Crippen molar-refractivity contribution in [2.45, 2.75) is 19.9 Å². The number of aliphatic hydroxyl groups excluding tert-OH is 1. The van der Waals surface area contributed by atoms with Gasteiger partial charge in [0.2, 0.25) is 0 Å². The Morgan fingerprint density at radius 2 is 1.74 bits per heavy atom. The number of hydrogen-bond donors (Lipinski definition) is 1. The summed E-state index contributed by atoms with van der Waals surface area (Å²) in [7, 11) is 0. The molecule has 0 bridgehead atoms. The van der Waals surface area contributed by atoms with Gasteiger partial charge in [-0.15, -0.1) is 0 Å². The van der Waals surface area contributed by atoms with E-state index in [1.807, 2.05) is 50.2 Å². The Morgan fingerprint density at radius 1 is 1.06 bits per heavy atom. The smallest absolute Gasteiger partial charge is 0.301 e. The predicted molar refractivity (Wildman–Crippen MR) is 139 cm³/mol. The van der Waals surface area contributed by atoms with Crippen LogP contribution in [0, 0.1) is 13.8 Å². The van der Waals surface area contributed by atoms with Crippen molar-refractivity contribution in [3.05, 3.63) is 98.0 Å². The number of aliphatic hydroxyl groups is 1. The molecule has 2 heterocycles. The highest BCUT2D eigenvalue weighted by Gasteiger charge is 2.48. The van der Waals surface area contributed by atoms with Gasteiger partial charge in [-0.1, -0.05) is 57.1 Å². The van der Waals surface area contributed by atoms with Crippen LogP contribution in [-0.2, 0) is 9.59 Å². The number of anilines is 1. The van der Waals surface area contributed by atoms with Crippen molar-refractivity contribution in [2.24, 2.45) is 0 Å². The fourth-order valence-electron chi connectivity index (χ4n) is 4.22. The summed E-state index contributed by atoms with van der Waals surface area (Å²) in [6, 6.07) is 17.0. The fraction of sp³-hybridized carbons (Fsp3) is 0.115. The molecule has 1 saturated heterocycles. The van der Waals surface area contributed by atoms with E-state index in [1.165, 1.54) is 16.2 Å². The average Bonchev–Trinajstić information content (AvgIpc) is 3.33. The van der Waals surface area contributed by atoms with Crippen LogP contribution in [0.1, 0.15) is 28.3 Å². The third kappa shape index (κ3) is 3.83. The molecule has 34 heavy (non-hydrogen) atoms. The molecule has 4 aromatic rings. The SMILES string of the molecule is Cc1cc(C)c2nc(N3C(=O)C(=O)/C(=C(/O)c4ccc(Cl)cc4)C3c3ccc(Br)cc3)sc2c1. The fourth-order valence-corrected chi connectivity index (χ4v) is 5.77. The molecule has 0 radical (unpaired) electrons. The molecule has 5 rings (SSSR count). The zero-order chi connectivity index (χ0) is 24.1. The Hall–Kier alpha value is -3.00. The number of amides is 1. The van der Waals surface area contributed by atoms with Gasteiger partial charge in [-0.3, -0.25) is 14.5 Å². The number of rotatable bonds is 3. The molecule has 1 aliphatic heterocycles. The number of nitrogens with zero attached hydrogens (tertiary/aromatic N) is 2. The minimum absolute atomic E-state index is 0.0156. The minimum atomic E-state index is -0.828. The number of ketones is 1. The van der Waals surface area contributed by atoms with Crippen molar-refractivity contribution < 1.29 is 14.7 Å². The van der Waals surface area contributed by atoms with Crippen LogP contribution in [0.2, 0.25) is 5.02 Å². The zero-order valence-electron chi connectivity index (χ0n) is 18.2. The van der Waals surface area contributed by atoms with Crippen molar-refractivity contribution in [1.82, 2.24) is 4.98 Å². The van der Waals surface area contributed by atoms with E-state index in [4.69, 9.17) is 16.6 Å². The summed E-state index contributed by atoms with van der Waals surface area (Å²) in [5, 5.41) is 12.1. The molecule has 1 aromatic heterocycles. The molecule has 3 aromatic carbocycles. The lowest BCUT2D eigenvalue weighted by molar-refractivity contribution is -0.132. The Balaban J connectivity index is 1.74. The quantitative estimate of drug-likeness (QED) is 0.169. The zero-order valence-corrected chi connectivity index (χ0v) is 21.3. The van der Waals surface area contributed by atoms with Gasteiger partial charge in [0.05, 0.1) is 21.8 Å².